The quantitative estimate of drug-likeness (QED) is 0.848. The standard InChI is InChI=1S/C20H24N2/c1-21(2)20-11-8-16-12-18(9-10-19(16)20)22-13-17(14-22)15-6-4-3-5-7-15/h3-7,9-10,12,17,20H,8,11,13-14H2,1-2H3/t20-/m0/s1. The highest BCUT2D eigenvalue weighted by molar-refractivity contribution is 5.56. The van der Waals surface area contributed by atoms with E-state index in [-0.39, 0.29) is 0 Å². The molecule has 0 unspecified atom stereocenters. The first-order chi connectivity index (χ1) is 10.7. The first-order valence-electron chi connectivity index (χ1n) is 8.31. The average Bonchev–Trinajstić information content (AvgIpc) is 2.90. The highest BCUT2D eigenvalue weighted by atomic mass is 15.2. The molecule has 4 rings (SSSR count). The van der Waals surface area contributed by atoms with E-state index in [1.165, 1.54) is 29.7 Å². The highest BCUT2D eigenvalue weighted by Crippen LogP contribution is 2.38. The van der Waals surface area contributed by atoms with Crippen molar-refractivity contribution in [1.82, 2.24) is 4.90 Å². The molecule has 0 amide bonds. The minimum absolute atomic E-state index is 0.609. The van der Waals surface area contributed by atoms with Gasteiger partial charge in [-0.2, -0.15) is 0 Å². The molecular formula is C20H24N2. The number of rotatable bonds is 3. The van der Waals surface area contributed by atoms with Crippen molar-refractivity contribution in [2.24, 2.45) is 0 Å². The van der Waals surface area contributed by atoms with Crippen LogP contribution in [-0.2, 0) is 6.42 Å². The van der Waals surface area contributed by atoms with E-state index in [0.29, 0.717) is 12.0 Å². The van der Waals surface area contributed by atoms with Gasteiger partial charge in [0.1, 0.15) is 0 Å². The Kier molecular flexibility index (Phi) is 3.42. The minimum Gasteiger partial charge on any atom is -0.370 e. The van der Waals surface area contributed by atoms with Gasteiger partial charge in [-0.3, -0.25) is 0 Å². The van der Waals surface area contributed by atoms with Gasteiger partial charge in [0.2, 0.25) is 0 Å². The van der Waals surface area contributed by atoms with E-state index < -0.39 is 0 Å². The molecule has 0 aromatic heterocycles. The first-order valence-corrected chi connectivity index (χ1v) is 8.31. The highest BCUT2D eigenvalue weighted by Gasteiger charge is 2.30. The van der Waals surface area contributed by atoms with E-state index in [0.717, 1.165) is 13.1 Å². The van der Waals surface area contributed by atoms with E-state index >= 15 is 0 Å². The van der Waals surface area contributed by atoms with Gasteiger partial charge in [0.05, 0.1) is 0 Å². The predicted molar refractivity (Wildman–Crippen MR) is 92.6 cm³/mol. The summed E-state index contributed by atoms with van der Waals surface area (Å²) in [6.45, 7) is 2.31. The molecule has 0 radical (unpaired) electrons. The monoisotopic (exact) mass is 292 g/mol. The largest absolute Gasteiger partial charge is 0.370 e. The molecular weight excluding hydrogens is 268 g/mol. The van der Waals surface area contributed by atoms with Crippen LogP contribution in [-0.4, -0.2) is 32.1 Å². The molecule has 0 N–H and O–H groups in total. The third-order valence-corrected chi connectivity index (χ3v) is 5.31. The lowest BCUT2D eigenvalue weighted by molar-refractivity contribution is 0.299. The van der Waals surface area contributed by atoms with Crippen molar-refractivity contribution in [3.63, 3.8) is 0 Å². The molecule has 1 saturated heterocycles. The van der Waals surface area contributed by atoms with E-state index in [9.17, 15) is 0 Å². The molecule has 1 atom stereocenters. The Morgan fingerprint density at radius 3 is 2.50 bits per heavy atom. The van der Waals surface area contributed by atoms with Gasteiger partial charge in [0, 0.05) is 30.7 Å². The molecule has 2 aromatic carbocycles. The molecule has 1 heterocycles. The van der Waals surface area contributed by atoms with Gasteiger partial charge < -0.3 is 9.80 Å². The molecule has 0 bridgehead atoms. The smallest absolute Gasteiger partial charge is 0.0369 e. The molecule has 2 aromatic rings. The summed E-state index contributed by atoms with van der Waals surface area (Å²) in [6, 6.07) is 18.6. The van der Waals surface area contributed by atoms with Crippen LogP contribution in [0.25, 0.3) is 0 Å². The third kappa shape index (κ3) is 2.32. The van der Waals surface area contributed by atoms with Crippen LogP contribution in [0.15, 0.2) is 48.5 Å². The zero-order chi connectivity index (χ0) is 15.1. The Hall–Kier alpha value is -1.80. The number of anilines is 1. The average molecular weight is 292 g/mol. The van der Waals surface area contributed by atoms with Crippen LogP contribution in [0.3, 0.4) is 0 Å². The van der Waals surface area contributed by atoms with Gasteiger partial charge in [-0.1, -0.05) is 36.4 Å². The van der Waals surface area contributed by atoms with Crippen molar-refractivity contribution in [2.75, 3.05) is 32.1 Å². The molecule has 1 aliphatic carbocycles. The van der Waals surface area contributed by atoms with Crippen LogP contribution in [0.4, 0.5) is 5.69 Å². The maximum Gasteiger partial charge on any atom is 0.0369 e. The van der Waals surface area contributed by atoms with Gasteiger partial charge >= 0.3 is 0 Å². The zero-order valence-corrected chi connectivity index (χ0v) is 13.5. The third-order valence-electron chi connectivity index (χ3n) is 5.31. The van der Waals surface area contributed by atoms with Crippen molar-refractivity contribution in [2.45, 2.75) is 24.8 Å². The summed E-state index contributed by atoms with van der Waals surface area (Å²) in [5, 5.41) is 0. The van der Waals surface area contributed by atoms with Crippen LogP contribution in [0.1, 0.15) is 35.1 Å². The summed E-state index contributed by atoms with van der Waals surface area (Å²) in [4.78, 5) is 4.86. The molecule has 1 fully saturated rings. The SMILES string of the molecule is CN(C)[C@H]1CCc2cc(N3CC(c4ccccc4)C3)ccc21. The van der Waals surface area contributed by atoms with Crippen molar-refractivity contribution in [3.8, 4) is 0 Å². The molecule has 1 aliphatic heterocycles. The second-order valence-corrected chi connectivity index (χ2v) is 6.91. The summed E-state index contributed by atoms with van der Waals surface area (Å²) in [6.07, 6.45) is 2.49. The van der Waals surface area contributed by atoms with Crippen molar-refractivity contribution in [1.29, 1.82) is 0 Å². The molecule has 0 spiro atoms. The van der Waals surface area contributed by atoms with Crippen LogP contribution in [0.2, 0.25) is 0 Å². The topological polar surface area (TPSA) is 6.48 Å². The lowest BCUT2D eigenvalue weighted by Crippen LogP contribution is -2.45. The summed E-state index contributed by atoms with van der Waals surface area (Å²) >= 11 is 0. The Labute approximate surface area is 133 Å². The number of hydrogen-bond acceptors (Lipinski definition) is 2. The summed E-state index contributed by atoms with van der Waals surface area (Å²) in [5.74, 6) is 0.698. The summed E-state index contributed by atoms with van der Waals surface area (Å²) < 4.78 is 0. The van der Waals surface area contributed by atoms with Crippen molar-refractivity contribution >= 4 is 5.69 Å². The predicted octanol–water partition coefficient (Wildman–Crippen LogP) is 3.84. The second-order valence-electron chi connectivity index (χ2n) is 6.91. The fraction of sp³-hybridized carbons (Fsp3) is 0.400. The van der Waals surface area contributed by atoms with Crippen molar-refractivity contribution < 1.29 is 0 Å². The van der Waals surface area contributed by atoms with E-state index in [2.05, 4.69) is 72.4 Å². The van der Waals surface area contributed by atoms with E-state index in [4.69, 9.17) is 0 Å². The zero-order valence-electron chi connectivity index (χ0n) is 13.5. The Morgan fingerprint density at radius 2 is 1.77 bits per heavy atom. The van der Waals surface area contributed by atoms with Crippen LogP contribution < -0.4 is 4.90 Å². The van der Waals surface area contributed by atoms with Gasteiger partial charge in [-0.15, -0.1) is 0 Å². The Bertz CT molecular complexity index is 657. The van der Waals surface area contributed by atoms with Crippen LogP contribution in [0.5, 0.6) is 0 Å². The number of aryl methyl sites for hydroxylation is 1. The number of fused-ring (bicyclic) bond motifs is 1. The summed E-state index contributed by atoms with van der Waals surface area (Å²) in [5.41, 5.74) is 5.98. The fourth-order valence-electron chi connectivity index (χ4n) is 3.94. The fourth-order valence-corrected chi connectivity index (χ4v) is 3.94. The lowest BCUT2D eigenvalue weighted by atomic mass is 9.90. The number of benzene rings is 2. The number of hydrogen-bond donors (Lipinski definition) is 0. The maximum absolute atomic E-state index is 2.51. The first kappa shape index (κ1) is 13.8. The van der Waals surface area contributed by atoms with Crippen molar-refractivity contribution in [3.05, 3.63) is 65.2 Å². The Balaban J connectivity index is 1.48. The van der Waals surface area contributed by atoms with E-state index in [1.54, 1.807) is 5.56 Å². The molecule has 0 saturated carbocycles. The molecule has 2 nitrogen and oxygen atoms in total. The molecule has 2 aliphatic rings. The molecule has 114 valence electrons. The molecule has 2 heteroatoms. The maximum atomic E-state index is 2.51. The van der Waals surface area contributed by atoms with Gasteiger partial charge in [0.15, 0.2) is 0 Å². The van der Waals surface area contributed by atoms with Gasteiger partial charge in [-0.25, -0.2) is 0 Å². The van der Waals surface area contributed by atoms with Gasteiger partial charge in [-0.05, 0) is 55.8 Å². The lowest BCUT2D eigenvalue weighted by Gasteiger charge is -2.41. The normalized spacial score (nSPS) is 21.0. The second kappa shape index (κ2) is 5.44. The Morgan fingerprint density at radius 1 is 1.00 bits per heavy atom. The summed E-state index contributed by atoms with van der Waals surface area (Å²) in [7, 11) is 4.38. The van der Waals surface area contributed by atoms with E-state index in [1.807, 2.05) is 0 Å². The minimum atomic E-state index is 0.609. The van der Waals surface area contributed by atoms with Gasteiger partial charge in [0.25, 0.3) is 0 Å². The van der Waals surface area contributed by atoms with Crippen LogP contribution >= 0.6 is 0 Å². The number of nitrogens with zero attached hydrogens (tertiary/aromatic N) is 2. The van der Waals surface area contributed by atoms with Crippen LogP contribution in [0, 0.1) is 0 Å². The molecule has 22 heavy (non-hydrogen) atoms.